The summed E-state index contributed by atoms with van der Waals surface area (Å²) in [7, 11) is 2.03. The van der Waals surface area contributed by atoms with Crippen molar-refractivity contribution in [2.24, 2.45) is 5.92 Å². The van der Waals surface area contributed by atoms with Crippen LogP contribution in [0.4, 0.5) is 0 Å². The van der Waals surface area contributed by atoms with Crippen molar-refractivity contribution < 1.29 is 4.52 Å². The number of hydrogen-bond donors (Lipinski definition) is 1. The summed E-state index contributed by atoms with van der Waals surface area (Å²) < 4.78 is 5.29. The maximum Gasteiger partial charge on any atom is 0.240 e. The third-order valence-corrected chi connectivity index (χ3v) is 3.56. The first kappa shape index (κ1) is 16.4. The van der Waals surface area contributed by atoms with E-state index in [1.54, 1.807) is 0 Å². The van der Waals surface area contributed by atoms with Crippen LogP contribution in [0.3, 0.4) is 0 Å². The first-order valence-corrected chi connectivity index (χ1v) is 6.88. The zero-order valence-corrected chi connectivity index (χ0v) is 12.9. The summed E-state index contributed by atoms with van der Waals surface area (Å²) >= 11 is 0. The summed E-state index contributed by atoms with van der Waals surface area (Å²) in [4.78, 5) is 6.83. The van der Waals surface area contributed by atoms with Crippen molar-refractivity contribution in [1.82, 2.24) is 20.4 Å². The minimum absolute atomic E-state index is 0. The van der Waals surface area contributed by atoms with Gasteiger partial charge in [-0.15, -0.1) is 12.4 Å². The molecule has 0 atom stereocenters. The molecule has 1 aromatic heterocycles. The van der Waals surface area contributed by atoms with E-state index in [2.05, 4.69) is 34.2 Å². The quantitative estimate of drug-likeness (QED) is 0.899. The predicted octanol–water partition coefficient (Wildman–Crippen LogP) is 2.05. The number of nitrogens with one attached hydrogen (secondary N) is 1. The highest BCUT2D eigenvalue weighted by molar-refractivity contribution is 5.85. The second-order valence-corrected chi connectivity index (χ2v) is 5.48. The molecule has 0 bridgehead atoms. The van der Waals surface area contributed by atoms with Crippen molar-refractivity contribution in [3.63, 3.8) is 0 Å². The molecule has 2 rings (SSSR count). The predicted molar refractivity (Wildman–Crippen MR) is 77.6 cm³/mol. The van der Waals surface area contributed by atoms with Gasteiger partial charge >= 0.3 is 0 Å². The van der Waals surface area contributed by atoms with Crippen LogP contribution in [0, 0.1) is 5.92 Å². The van der Waals surface area contributed by atoms with Crippen LogP contribution in [0.15, 0.2) is 4.52 Å². The van der Waals surface area contributed by atoms with E-state index in [0.717, 1.165) is 43.8 Å². The van der Waals surface area contributed by atoms with Gasteiger partial charge in [-0.2, -0.15) is 4.98 Å². The average molecular weight is 289 g/mol. The maximum atomic E-state index is 5.29. The number of likely N-dealkylation sites (tertiary alicyclic amines) is 1. The first-order valence-electron chi connectivity index (χ1n) is 6.88. The van der Waals surface area contributed by atoms with Gasteiger partial charge in [0.1, 0.15) is 0 Å². The lowest BCUT2D eigenvalue weighted by Gasteiger charge is -2.30. The number of nitrogens with zero attached hydrogens (tertiary/aromatic N) is 3. The third kappa shape index (κ3) is 4.75. The lowest BCUT2D eigenvalue weighted by atomic mass is 9.97. The lowest BCUT2D eigenvalue weighted by molar-refractivity contribution is 0.158. The summed E-state index contributed by atoms with van der Waals surface area (Å²) in [6.07, 6.45) is 2.51. The Kier molecular flexibility index (Phi) is 6.75. The molecule has 0 saturated carbocycles. The van der Waals surface area contributed by atoms with Crippen molar-refractivity contribution >= 4 is 12.4 Å². The smallest absolute Gasteiger partial charge is 0.240 e. The second kappa shape index (κ2) is 7.82. The highest BCUT2D eigenvalue weighted by atomic mass is 35.5. The fourth-order valence-corrected chi connectivity index (χ4v) is 2.40. The van der Waals surface area contributed by atoms with Gasteiger partial charge in [-0.3, -0.25) is 4.90 Å². The molecule has 1 aliphatic rings. The number of aromatic nitrogens is 2. The molecule has 1 aromatic rings. The number of hydrogen-bond acceptors (Lipinski definition) is 5. The van der Waals surface area contributed by atoms with Crippen LogP contribution < -0.4 is 5.32 Å². The van der Waals surface area contributed by atoms with E-state index in [1.807, 2.05) is 7.05 Å². The van der Waals surface area contributed by atoms with Gasteiger partial charge in [-0.1, -0.05) is 19.0 Å². The van der Waals surface area contributed by atoms with Crippen molar-refractivity contribution in [2.75, 3.05) is 26.7 Å². The molecule has 0 amide bonds. The van der Waals surface area contributed by atoms with E-state index < -0.39 is 0 Å². The van der Waals surface area contributed by atoms with E-state index in [-0.39, 0.29) is 12.4 Å². The van der Waals surface area contributed by atoms with Crippen molar-refractivity contribution in [3.05, 3.63) is 11.7 Å². The molecule has 19 heavy (non-hydrogen) atoms. The lowest BCUT2D eigenvalue weighted by Crippen LogP contribution is -2.36. The summed E-state index contributed by atoms with van der Waals surface area (Å²) in [5.41, 5.74) is 0. The van der Waals surface area contributed by atoms with Crippen molar-refractivity contribution in [2.45, 2.75) is 39.2 Å². The van der Waals surface area contributed by atoms with E-state index in [4.69, 9.17) is 4.52 Å². The molecule has 1 aliphatic heterocycles. The molecule has 110 valence electrons. The Bertz CT molecular complexity index is 361. The number of halogens is 1. The Morgan fingerprint density at radius 3 is 2.58 bits per heavy atom. The zero-order chi connectivity index (χ0) is 13.0. The van der Waals surface area contributed by atoms with Gasteiger partial charge in [-0.25, -0.2) is 0 Å². The Morgan fingerprint density at radius 1 is 1.37 bits per heavy atom. The molecular weight excluding hydrogens is 264 g/mol. The summed E-state index contributed by atoms with van der Waals surface area (Å²) in [6, 6.07) is 0. The number of piperidine rings is 1. The van der Waals surface area contributed by atoms with Crippen LogP contribution in [0.2, 0.25) is 0 Å². The van der Waals surface area contributed by atoms with Crippen LogP contribution in [0.1, 0.15) is 44.3 Å². The van der Waals surface area contributed by atoms with Gasteiger partial charge in [0.05, 0.1) is 6.54 Å². The Labute approximate surface area is 121 Å². The summed E-state index contributed by atoms with van der Waals surface area (Å²) in [6.45, 7) is 8.35. The minimum Gasteiger partial charge on any atom is -0.338 e. The molecule has 1 N–H and O–H groups in total. The van der Waals surface area contributed by atoms with E-state index >= 15 is 0 Å². The molecule has 0 radical (unpaired) electrons. The van der Waals surface area contributed by atoms with E-state index in [9.17, 15) is 0 Å². The minimum atomic E-state index is 0. The van der Waals surface area contributed by atoms with Gasteiger partial charge < -0.3 is 9.84 Å². The standard InChI is InChI=1S/C13H24N4O.ClH/c1-10(2)13-15-12(18-16-13)9-17-6-4-11(5-7-17)8-14-3;/h10-11,14H,4-9H2,1-3H3;1H. The van der Waals surface area contributed by atoms with Crippen LogP contribution in [0.25, 0.3) is 0 Å². The Balaban J connectivity index is 0.00000180. The van der Waals surface area contributed by atoms with Crippen molar-refractivity contribution in [1.29, 1.82) is 0 Å². The SMILES string of the molecule is CNCC1CCN(Cc2nc(C(C)C)no2)CC1.Cl. The van der Waals surface area contributed by atoms with E-state index in [1.165, 1.54) is 12.8 Å². The van der Waals surface area contributed by atoms with Gasteiger partial charge in [0.25, 0.3) is 0 Å². The molecule has 2 heterocycles. The molecule has 6 heteroatoms. The molecular formula is C13H25ClN4O. The summed E-state index contributed by atoms with van der Waals surface area (Å²) in [5, 5.41) is 7.26. The average Bonchev–Trinajstić information content (AvgIpc) is 2.81. The highest BCUT2D eigenvalue weighted by Gasteiger charge is 2.20. The van der Waals surface area contributed by atoms with Gasteiger partial charge in [0.2, 0.25) is 5.89 Å². The molecule has 1 saturated heterocycles. The fourth-order valence-electron chi connectivity index (χ4n) is 2.40. The van der Waals surface area contributed by atoms with Crippen LogP contribution in [-0.2, 0) is 6.54 Å². The topological polar surface area (TPSA) is 54.2 Å². The second-order valence-electron chi connectivity index (χ2n) is 5.48. The van der Waals surface area contributed by atoms with Crippen LogP contribution in [-0.4, -0.2) is 41.7 Å². The van der Waals surface area contributed by atoms with Crippen LogP contribution >= 0.6 is 12.4 Å². The van der Waals surface area contributed by atoms with Crippen LogP contribution in [0.5, 0.6) is 0 Å². The zero-order valence-electron chi connectivity index (χ0n) is 12.1. The maximum absolute atomic E-state index is 5.29. The third-order valence-electron chi connectivity index (χ3n) is 3.56. The van der Waals surface area contributed by atoms with E-state index in [0.29, 0.717) is 5.92 Å². The molecule has 0 unspecified atom stereocenters. The fraction of sp³-hybridized carbons (Fsp3) is 0.846. The van der Waals surface area contributed by atoms with Gasteiger partial charge in [0, 0.05) is 5.92 Å². The van der Waals surface area contributed by atoms with Gasteiger partial charge in [-0.05, 0) is 45.4 Å². The molecule has 1 fully saturated rings. The monoisotopic (exact) mass is 288 g/mol. The highest BCUT2D eigenvalue weighted by Crippen LogP contribution is 2.18. The first-order chi connectivity index (χ1) is 8.69. The largest absolute Gasteiger partial charge is 0.338 e. The summed E-state index contributed by atoms with van der Waals surface area (Å²) in [5.74, 6) is 2.73. The Hall–Kier alpha value is -0.650. The molecule has 0 aliphatic carbocycles. The molecule has 5 nitrogen and oxygen atoms in total. The van der Waals surface area contributed by atoms with Crippen molar-refractivity contribution in [3.8, 4) is 0 Å². The Morgan fingerprint density at radius 2 is 2.05 bits per heavy atom. The normalized spacial score (nSPS) is 17.7. The number of rotatable bonds is 5. The molecule has 0 spiro atoms. The van der Waals surface area contributed by atoms with Gasteiger partial charge in [0.15, 0.2) is 5.82 Å². The molecule has 0 aromatic carbocycles.